The molecule has 0 spiro atoms. The minimum Gasteiger partial charge on any atom is -0.299 e. The predicted octanol–water partition coefficient (Wildman–Crippen LogP) is 5.89. The van der Waals surface area contributed by atoms with E-state index in [9.17, 15) is 0 Å². The van der Waals surface area contributed by atoms with Crippen molar-refractivity contribution < 1.29 is 0 Å². The molecule has 0 radical (unpaired) electrons. The van der Waals surface area contributed by atoms with Gasteiger partial charge in [0.05, 0.1) is 0 Å². The van der Waals surface area contributed by atoms with Gasteiger partial charge < -0.3 is 0 Å². The molecule has 0 amide bonds. The highest BCUT2D eigenvalue weighted by atomic mass is 79.9. The molecule has 1 saturated heterocycles. The van der Waals surface area contributed by atoms with E-state index >= 15 is 0 Å². The highest BCUT2D eigenvalue weighted by Crippen LogP contribution is 2.29. The molecule has 3 heteroatoms. The Morgan fingerprint density at radius 2 is 1.54 bits per heavy atom. The van der Waals surface area contributed by atoms with Crippen LogP contribution in [0.2, 0.25) is 0 Å². The molecular formula is C23H23BrN2. The molecule has 1 aliphatic rings. The van der Waals surface area contributed by atoms with Gasteiger partial charge in [0.1, 0.15) is 0 Å². The van der Waals surface area contributed by atoms with Crippen molar-refractivity contribution in [2.75, 3.05) is 13.1 Å². The molecule has 132 valence electrons. The van der Waals surface area contributed by atoms with Crippen molar-refractivity contribution in [3.8, 4) is 11.1 Å². The van der Waals surface area contributed by atoms with Gasteiger partial charge in [-0.2, -0.15) is 0 Å². The molecule has 2 nitrogen and oxygen atoms in total. The second-order valence-electron chi connectivity index (χ2n) is 7.01. The number of halogens is 1. The normalized spacial score (nSPS) is 15.9. The monoisotopic (exact) mass is 406 g/mol. The Bertz CT molecular complexity index is 820. The van der Waals surface area contributed by atoms with Crippen molar-refractivity contribution in [1.29, 1.82) is 0 Å². The van der Waals surface area contributed by atoms with E-state index in [0.717, 1.165) is 24.1 Å². The molecule has 3 aromatic rings. The van der Waals surface area contributed by atoms with Gasteiger partial charge in [-0.05, 0) is 55.3 Å². The van der Waals surface area contributed by atoms with Crippen LogP contribution in [0.3, 0.4) is 0 Å². The van der Waals surface area contributed by atoms with E-state index in [1.807, 2.05) is 6.20 Å². The molecule has 2 heterocycles. The molecular weight excluding hydrogens is 384 g/mol. The fraction of sp³-hybridized carbons (Fsp3) is 0.261. The Morgan fingerprint density at radius 1 is 0.846 bits per heavy atom. The number of piperidine rings is 1. The Balaban J connectivity index is 1.36. The molecule has 0 atom stereocenters. The fourth-order valence-corrected chi connectivity index (χ4v) is 3.95. The van der Waals surface area contributed by atoms with E-state index in [4.69, 9.17) is 4.98 Å². The van der Waals surface area contributed by atoms with Crippen LogP contribution in [0.15, 0.2) is 77.4 Å². The lowest BCUT2D eigenvalue weighted by Gasteiger charge is -2.31. The minimum atomic E-state index is 0.584. The first-order chi connectivity index (χ1) is 12.8. The van der Waals surface area contributed by atoms with Crippen LogP contribution in [0.4, 0.5) is 0 Å². The first kappa shape index (κ1) is 17.4. The van der Waals surface area contributed by atoms with Gasteiger partial charge in [0.25, 0.3) is 0 Å². The minimum absolute atomic E-state index is 0.584. The van der Waals surface area contributed by atoms with E-state index < -0.39 is 0 Å². The van der Waals surface area contributed by atoms with E-state index in [0.29, 0.717) is 5.92 Å². The summed E-state index contributed by atoms with van der Waals surface area (Å²) in [7, 11) is 0. The summed E-state index contributed by atoms with van der Waals surface area (Å²) >= 11 is 3.49. The Morgan fingerprint density at radius 3 is 2.19 bits per heavy atom. The standard InChI is InChI=1S/C23H23BrN2/c24-22-9-6-19(7-10-22)21-8-11-23(25-16-21)20-12-14-26(15-13-20)17-18-4-2-1-3-5-18/h1-11,16,20H,12-15,17H2. The Labute approximate surface area is 164 Å². The highest BCUT2D eigenvalue weighted by molar-refractivity contribution is 9.10. The van der Waals surface area contributed by atoms with Gasteiger partial charge >= 0.3 is 0 Å². The van der Waals surface area contributed by atoms with E-state index in [-0.39, 0.29) is 0 Å². The maximum atomic E-state index is 4.78. The number of hydrogen-bond acceptors (Lipinski definition) is 2. The largest absolute Gasteiger partial charge is 0.299 e. The molecule has 1 aromatic heterocycles. The lowest BCUT2D eigenvalue weighted by atomic mass is 9.92. The summed E-state index contributed by atoms with van der Waals surface area (Å²) in [5.41, 5.74) is 5.04. The molecule has 0 saturated carbocycles. The van der Waals surface area contributed by atoms with Crippen LogP contribution in [-0.4, -0.2) is 23.0 Å². The third-order valence-electron chi connectivity index (χ3n) is 5.22. The molecule has 1 fully saturated rings. The van der Waals surface area contributed by atoms with Gasteiger partial charge in [-0.15, -0.1) is 0 Å². The topological polar surface area (TPSA) is 16.1 Å². The number of nitrogens with zero attached hydrogens (tertiary/aromatic N) is 2. The van der Waals surface area contributed by atoms with Crippen molar-refractivity contribution in [1.82, 2.24) is 9.88 Å². The number of aromatic nitrogens is 1. The SMILES string of the molecule is Brc1ccc(-c2ccc(C3CCN(Cc4ccccc4)CC3)nc2)cc1. The van der Waals surface area contributed by atoms with Crippen LogP contribution in [0.5, 0.6) is 0 Å². The average Bonchev–Trinajstić information content (AvgIpc) is 2.70. The summed E-state index contributed by atoms with van der Waals surface area (Å²) in [6.45, 7) is 3.36. The van der Waals surface area contributed by atoms with Gasteiger partial charge in [0, 0.05) is 34.4 Å². The summed E-state index contributed by atoms with van der Waals surface area (Å²) < 4.78 is 1.10. The molecule has 0 bridgehead atoms. The fourth-order valence-electron chi connectivity index (χ4n) is 3.69. The zero-order chi connectivity index (χ0) is 17.8. The summed E-state index contributed by atoms with van der Waals surface area (Å²) in [4.78, 5) is 7.34. The van der Waals surface area contributed by atoms with Gasteiger partial charge in [-0.25, -0.2) is 0 Å². The molecule has 4 rings (SSSR count). The van der Waals surface area contributed by atoms with Gasteiger partial charge in [-0.1, -0.05) is 64.5 Å². The summed E-state index contributed by atoms with van der Waals surface area (Å²) in [5, 5.41) is 0. The van der Waals surface area contributed by atoms with Crippen LogP contribution in [0.25, 0.3) is 11.1 Å². The third-order valence-corrected chi connectivity index (χ3v) is 5.75. The smallest absolute Gasteiger partial charge is 0.0435 e. The highest BCUT2D eigenvalue weighted by Gasteiger charge is 2.21. The van der Waals surface area contributed by atoms with Crippen LogP contribution in [0, 0.1) is 0 Å². The molecule has 0 N–H and O–H groups in total. The summed E-state index contributed by atoms with van der Waals surface area (Å²) in [6.07, 6.45) is 4.41. The van der Waals surface area contributed by atoms with Crippen LogP contribution < -0.4 is 0 Å². The molecule has 26 heavy (non-hydrogen) atoms. The van der Waals surface area contributed by atoms with Gasteiger partial charge in [-0.3, -0.25) is 9.88 Å². The van der Waals surface area contributed by atoms with Crippen LogP contribution in [-0.2, 0) is 6.54 Å². The van der Waals surface area contributed by atoms with Crippen molar-refractivity contribution >= 4 is 15.9 Å². The summed E-state index contributed by atoms with van der Waals surface area (Å²) in [6, 6.07) is 23.6. The second kappa shape index (κ2) is 8.15. The molecule has 0 aliphatic carbocycles. The molecule has 2 aromatic carbocycles. The first-order valence-electron chi connectivity index (χ1n) is 9.26. The number of pyridine rings is 1. The van der Waals surface area contributed by atoms with Crippen molar-refractivity contribution in [3.63, 3.8) is 0 Å². The van der Waals surface area contributed by atoms with Crippen molar-refractivity contribution in [2.45, 2.75) is 25.3 Å². The van der Waals surface area contributed by atoms with Crippen LogP contribution in [0.1, 0.15) is 30.0 Å². The predicted molar refractivity (Wildman–Crippen MR) is 111 cm³/mol. The van der Waals surface area contributed by atoms with Crippen LogP contribution >= 0.6 is 15.9 Å². The van der Waals surface area contributed by atoms with E-state index in [2.05, 4.69) is 87.6 Å². The maximum absolute atomic E-state index is 4.78. The third kappa shape index (κ3) is 4.22. The van der Waals surface area contributed by atoms with Gasteiger partial charge in [0.15, 0.2) is 0 Å². The maximum Gasteiger partial charge on any atom is 0.0435 e. The zero-order valence-electron chi connectivity index (χ0n) is 14.8. The van der Waals surface area contributed by atoms with Gasteiger partial charge in [0.2, 0.25) is 0 Å². The number of benzene rings is 2. The zero-order valence-corrected chi connectivity index (χ0v) is 16.4. The first-order valence-corrected chi connectivity index (χ1v) is 10.1. The van der Waals surface area contributed by atoms with Crippen molar-refractivity contribution in [3.05, 3.63) is 88.7 Å². The number of hydrogen-bond donors (Lipinski definition) is 0. The lowest BCUT2D eigenvalue weighted by Crippen LogP contribution is -2.32. The summed E-state index contributed by atoms with van der Waals surface area (Å²) in [5.74, 6) is 0.584. The number of likely N-dealkylation sites (tertiary alicyclic amines) is 1. The lowest BCUT2D eigenvalue weighted by molar-refractivity contribution is 0.203. The molecule has 0 unspecified atom stereocenters. The quantitative estimate of drug-likeness (QED) is 0.536. The Kier molecular flexibility index (Phi) is 5.47. The average molecular weight is 407 g/mol. The van der Waals surface area contributed by atoms with E-state index in [1.165, 1.54) is 35.2 Å². The molecule has 1 aliphatic heterocycles. The van der Waals surface area contributed by atoms with E-state index in [1.54, 1.807) is 0 Å². The second-order valence-corrected chi connectivity index (χ2v) is 7.93. The number of rotatable bonds is 4. The Hall–Kier alpha value is -1.97. The van der Waals surface area contributed by atoms with Crippen molar-refractivity contribution in [2.24, 2.45) is 0 Å².